The molecule has 0 atom stereocenters. The second-order valence-electron chi connectivity index (χ2n) is 7.84. The van der Waals surface area contributed by atoms with Crippen molar-refractivity contribution in [3.63, 3.8) is 0 Å². The van der Waals surface area contributed by atoms with Crippen LogP contribution < -0.4 is 0 Å². The second-order valence-corrected chi connectivity index (χ2v) is 8.28. The van der Waals surface area contributed by atoms with Crippen LogP contribution in [0.3, 0.4) is 0 Å². The number of benzene rings is 5. The molecular formula is C30H20ClN. The monoisotopic (exact) mass is 431 g/mol. The predicted molar refractivity (Wildman–Crippen MR) is 137 cm³/mol. The van der Waals surface area contributed by atoms with Crippen molar-refractivity contribution in [1.82, 2.24) is 4.57 Å². The summed E-state index contributed by atoms with van der Waals surface area (Å²) in [6, 6.07) is 37.0. The fourth-order valence-electron chi connectivity index (χ4n) is 4.36. The van der Waals surface area contributed by atoms with Gasteiger partial charge in [-0.15, -0.1) is 0 Å². The summed E-state index contributed by atoms with van der Waals surface area (Å²) in [5.41, 5.74) is 7.06. The minimum atomic E-state index is 0.450. The first-order valence-corrected chi connectivity index (χ1v) is 10.9. The molecule has 0 saturated carbocycles. The molecule has 0 aliphatic rings. The van der Waals surface area contributed by atoms with E-state index in [4.69, 9.17) is 14.3 Å². The molecule has 0 saturated heterocycles. The molecule has 152 valence electrons. The molecule has 6 aromatic rings. The number of fused-ring (bicyclic) bond motifs is 3. The van der Waals surface area contributed by atoms with Crippen molar-refractivity contribution < 1.29 is 2.74 Å². The van der Waals surface area contributed by atoms with Crippen molar-refractivity contribution >= 4 is 33.4 Å². The van der Waals surface area contributed by atoms with Crippen LogP contribution in [0.4, 0.5) is 0 Å². The van der Waals surface area contributed by atoms with Crippen LogP contribution in [0, 0.1) is 0 Å². The molecule has 0 radical (unpaired) electrons. The quantitative estimate of drug-likeness (QED) is 0.264. The van der Waals surface area contributed by atoms with E-state index in [0.29, 0.717) is 17.1 Å². The summed E-state index contributed by atoms with van der Waals surface area (Å²) in [7, 11) is 0. The summed E-state index contributed by atoms with van der Waals surface area (Å²) < 4.78 is 19.2. The number of hydrogen-bond acceptors (Lipinski definition) is 0. The van der Waals surface area contributed by atoms with Gasteiger partial charge >= 0.3 is 0 Å². The lowest BCUT2D eigenvalue weighted by Gasteiger charge is -2.10. The molecule has 6 rings (SSSR count). The van der Waals surface area contributed by atoms with Crippen LogP contribution in [0.25, 0.3) is 49.7 Å². The Morgan fingerprint density at radius 1 is 0.562 bits per heavy atom. The summed E-state index contributed by atoms with van der Waals surface area (Å²) in [6.45, 7) is 0. The zero-order valence-corrected chi connectivity index (χ0v) is 18.0. The first-order valence-electron chi connectivity index (χ1n) is 11.6. The van der Waals surface area contributed by atoms with Gasteiger partial charge in [-0.05, 0) is 64.7 Å². The highest BCUT2D eigenvalue weighted by Gasteiger charge is 2.13. The Morgan fingerprint density at radius 3 is 2.00 bits per heavy atom. The van der Waals surface area contributed by atoms with Crippen molar-refractivity contribution in [2.75, 3.05) is 0 Å². The van der Waals surface area contributed by atoms with Crippen molar-refractivity contribution in [1.29, 1.82) is 0 Å². The third-order valence-corrected chi connectivity index (χ3v) is 6.18. The van der Waals surface area contributed by atoms with Crippen molar-refractivity contribution in [2.45, 2.75) is 0 Å². The van der Waals surface area contributed by atoms with E-state index in [0.717, 1.165) is 44.2 Å². The predicted octanol–water partition coefficient (Wildman–Crippen LogP) is 8.77. The van der Waals surface area contributed by atoms with Gasteiger partial charge in [0, 0.05) is 21.5 Å². The van der Waals surface area contributed by atoms with E-state index >= 15 is 0 Å². The Bertz CT molecular complexity index is 1650. The van der Waals surface area contributed by atoms with E-state index in [9.17, 15) is 0 Å². The van der Waals surface area contributed by atoms with E-state index in [1.54, 1.807) is 0 Å². The first kappa shape index (κ1) is 16.8. The van der Waals surface area contributed by atoms with Gasteiger partial charge in [0.2, 0.25) is 0 Å². The highest BCUT2D eigenvalue weighted by Crippen LogP contribution is 2.35. The van der Waals surface area contributed by atoms with Gasteiger partial charge in [-0.1, -0.05) is 90.4 Å². The molecule has 0 amide bonds. The average Bonchev–Trinajstić information content (AvgIpc) is 3.17. The number of rotatable bonds is 3. The molecule has 5 aromatic carbocycles. The van der Waals surface area contributed by atoms with E-state index in [1.165, 1.54) is 5.56 Å². The lowest BCUT2D eigenvalue weighted by Crippen LogP contribution is -1.93. The van der Waals surface area contributed by atoms with Crippen LogP contribution in [0.15, 0.2) is 121 Å². The van der Waals surface area contributed by atoms with Gasteiger partial charge in [-0.2, -0.15) is 0 Å². The lowest BCUT2D eigenvalue weighted by atomic mass is 10.0. The van der Waals surface area contributed by atoms with E-state index in [-0.39, 0.29) is 0 Å². The summed E-state index contributed by atoms with van der Waals surface area (Å²) in [6.07, 6.45) is 0. The molecule has 1 aromatic heterocycles. The van der Waals surface area contributed by atoms with Crippen LogP contribution >= 0.6 is 11.6 Å². The van der Waals surface area contributed by atoms with Gasteiger partial charge in [0.05, 0.1) is 13.8 Å². The third kappa shape index (κ3) is 3.19. The fraction of sp³-hybridized carbons (Fsp3) is 0. The molecule has 0 unspecified atom stereocenters. The molecule has 0 fully saturated rings. The summed E-state index contributed by atoms with van der Waals surface area (Å²) in [4.78, 5) is 0. The molecular weight excluding hydrogens is 410 g/mol. The average molecular weight is 432 g/mol. The lowest BCUT2D eigenvalue weighted by molar-refractivity contribution is 1.18. The van der Waals surface area contributed by atoms with Gasteiger partial charge in [-0.25, -0.2) is 0 Å². The van der Waals surface area contributed by atoms with Gasteiger partial charge < -0.3 is 4.57 Å². The highest BCUT2D eigenvalue weighted by atomic mass is 35.5. The van der Waals surface area contributed by atoms with E-state index in [2.05, 4.69) is 47.0 Å². The van der Waals surface area contributed by atoms with E-state index < -0.39 is 0 Å². The molecule has 0 aliphatic carbocycles. The molecule has 0 N–H and O–H groups in total. The Labute approximate surface area is 194 Å². The molecule has 0 bridgehead atoms. The zero-order chi connectivity index (χ0) is 23.2. The highest BCUT2D eigenvalue weighted by molar-refractivity contribution is 6.30. The van der Waals surface area contributed by atoms with Gasteiger partial charge in [0.25, 0.3) is 0 Å². The summed E-state index contributed by atoms with van der Waals surface area (Å²) in [5.74, 6) is 0. The maximum atomic E-state index is 8.78. The third-order valence-electron chi connectivity index (χ3n) is 5.93. The number of aromatic nitrogens is 1. The van der Waals surface area contributed by atoms with Crippen LogP contribution in [0.1, 0.15) is 2.74 Å². The van der Waals surface area contributed by atoms with Gasteiger partial charge in [0.15, 0.2) is 0 Å². The smallest absolute Gasteiger partial charge is 0.0630 e. The molecule has 0 spiro atoms. The summed E-state index contributed by atoms with van der Waals surface area (Å²) >= 11 is 6.08. The minimum Gasteiger partial charge on any atom is -0.309 e. The zero-order valence-electron chi connectivity index (χ0n) is 19.2. The molecule has 1 heterocycles. The van der Waals surface area contributed by atoms with E-state index in [1.807, 2.05) is 66.7 Å². The standard InChI is InChI=1S/C30H20ClN/c31-25-15-10-23(11-16-25)24-14-19-30-28(20-24)27-8-4-5-9-29(27)32(30)26-17-12-22(13-18-26)21-6-2-1-3-7-21/h1-20H/i5D,14D. The normalized spacial score (nSPS) is 12.2. The van der Waals surface area contributed by atoms with Crippen LogP contribution in [-0.2, 0) is 0 Å². The largest absolute Gasteiger partial charge is 0.309 e. The van der Waals surface area contributed by atoms with Crippen molar-refractivity contribution in [3.8, 4) is 27.9 Å². The van der Waals surface area contributed by atoms with Crippen molar-refractivity contribution in [3.05, 3.63) is 126 Å². The number of hydrogen-bond donors (Lipinski definition) is 0. The Kier molecular flexibility index (Phi) is 4.05. The Balaban J connectivity index is 1.58. The Morgan fingerprint density at radius 2 is 1.22 bits per heavy atom. The maximum absolute atomic E-state index is 8.78. The minimum absolute atomic E-state index is 0.450. The molecule has 32 heavy (non-hydrogen) atoms. The maximum Gasteiger partial charge on any atom is 0.0630 e. The Hall–Kier alpha value is -3.81. The summed E-state index contributed by atoms with van der Waals surface area (Å²) in [5, 5.41) is 2.80. The topological polar surface area (TPSA) is 4.93 Å². The first-order chi connectivity index (χ1) is 16.6. The van der Waals surface area contributed by atoms with Gasteiger partial charge in [-0.3, -0.25) is 0 Å². The number of nitrogens with zero attached hydrogens (tertiary/aromatic N) is 1. The number of halogens is 1. The van der Waals surface area contributed by atoms with Crippen LogP contribution in [0.2, 0.25) is 5.02 Å². The fourth-order valence-corrected chi connectivity index (χ4v) is 4.48. The van der Waals surface area contributed by atoms with Crippen LogP contribution in [-0.4, -0.2) is 4.57 Å². The molecule has 2 heteroatoms. The van der Waals surface area contributed by atoms with Gasteiger partial charge in [0.1, 0.15) is 0 Å². The SMILES string of the molecule is [2H]c1ccc2c3cc(-c4ccc(Cl)cc4)c([2H])cc3n(-c3ccc(-c4ccccc4)cc3)c2c1. The van der Waals surface area contributed by atoms with Crippen molar-refractivity contribution in [2.24, 2.45) is 0 Å². The number of para-hydroxylation sites is 1. The second kappa shape index (κ2) is 7.71. The van der Waals surface area contributed by atoms with Crippen LogP contribution in [0.5, 0.6) is 0 Å². The molecule has 0 aliphatic heterocycles. The molecule has 1 nitrogen and oxygen atoms in total.